The Morgan fingerprint density at radius 1 is 1.02 bits per heavy atom. The zero-order valence-electron chi connectivity index (χ0n) is 22.2. The van der Waals surface area contributed by atoms with Crippen LogP contribution in [0.4, 0.5) is 11.4 Å². The summed E-state index contributed by atoms with van der Waals surface area (Å²) in [4.78, 5) is 44.1. The van der Waals surface area contributed by atoms with Gasteiger partial charge in [0.25, 0.3) is 5.69 Å². The number of non-ortho nitro benzene ring substituents is 1. The Bertz CT molecular complexity index is 1540. The zero-order valence-corrected chi connectivity index (χ0v) is 23.7. The molecule has 1 saturated heterocycles. The second-order valence-electron chi connectivity index (χ2n) is 9.73. The largest absolute Gasteiger partial charge is 0.439 e. The SMILES string of the molecule is NC(=O)C1CN(Cc2nc(-c3ccccc3)c(-c3ccccc3)o2)CCN1CC(=O)Nc1c(Cl)cc([N+](=O)[O-])cc1Cl. The number of anilines is 1. The van der Waals surface area contributed by atoms with Gasteiger partial charge in [0.1, 0.15) is 11.7 Å². The molecule has 13 heteroatoms. The summed E-state index contributed by atoms with van der Waals surface area (Å²) >= 11 is 12.2. The van der Waals surface area contributed by atoms with Gasteiger partial charge in [0.2, 0.25) is 17.7 Å². The van der Waals surface area contributed by atoms with E-state index < -0.39 is 22.8 Å². The molecule has 0 radical (unpaired) electrons. The van der Waals surface area contributed by atoms with E-state index in [1.807, 2.05) is 65.6 Å². The number of hydrogen-bond donors (Lipinski definition) is 2. The highest BCUT2D eigenvalue weighted by molar-refractivity contribution is 6.40. The van der Waals surface area contributed by atoms with Gasteiger partial charge >= 0.3 is 0 Å². The molecule has 3 aromatic carbocycles. The molecule has 5 rings (SSSR count). The summed E-state index contributed by atoms with van der Waals surface area (Å²) in [6.07, 6.45) is 0. The molecular weight excluding hydrogens is 583 g/mol. The van der Waals surface area contributed by atoms with E-state index in [2.05, 4.69) is 5.32 Å². The maximum Gasteiger partial charge on any atom is 0.272 e. The normalized spacial score (nSPS) is 15.8. The number of rotatable bonds is 9. The lowest BCUT2D eigenvalue weighted by molar-refractivity contribution is -0.384. The monoisotopic (exact) mass is 608 g/mol. The summed E-state index contributed by atoms with van der Waals surface area (Å²) in [5, 5.41) is 13.5. The first-order valence-electron chi connectivity index (χ1n) is 13.0. The summed E-state index contributed by atoms with van der Waals surface area (Å²) in [5.74, 6) is 0.0630. The van der Waals surface area contributed by atoms with E-state index in [-0.39, 0.29) is 34.5 Å². The van der Waals surface area contributed by atoms with Crippen LogP contribution in [0, 0.1) is 10.1 Å². The topological polar surface area (TPSA) is 148 Å². The minimum atomic E-state index is -0.760. The Morgan fingerprint density at radius 3 is 2.24 bits per heavy atom. The van der Waals surface area contributed by atoms with Crippen molar-refractivity contribution in [2.75, 3.05) is 31.5 Å². The number of carbonyl (C=O) groups excluding carboxylic acids is 2. The Hall–Kier alpha value is -4.29. The van der Waals surface area contributed by atoms with Crippen molar-refractivity contribution in [3.8, 4) is 22.6 Å². The number of amides is 2. The molecule has 11 nitrogen and oxygen atoms in total. The molecule has 1 unspecified atom stereocenters. The minimum Gasteiger partial charge on any atom is -0.439 e. The average molecular weight is 609 g/mol. The van der Waals surface area contributed by atoms with Crippen LogP contribution in [0.3, 0.4) is 0 Å². The second-order valence-corrected chi connectivity index (χ2v) is 10.5. The molecule has 2 amide bonds. The number of nitrogens with one attached hydrogen (secondary N) is 1. The highest BCUT2D eigenvalue weighted by atomic mass is 35.5. The summed E-state index contributed by atoms with van der Waals surface area (Å²) in [6.45, 7) is 1.30. The van der Waals surface area contributed by atoms with Gasteiger partial charge in [0.15, 0.2) is 5.76 Å². The minimum absolute atomic E-state index is 0.0514. The maximum absolute atomic E-state index is 12.9. The number of halogens is 2. The van der Waals surface area contributed by atoms with Gasteiger partial charge in [-0.05, 0) is 0 Å². The van der Waals surface area contributed by atoms with Crippen molar-refractivity contribution >= 4 is 46.4 Å². The first-order chi connectivity index (χ1) is 20.2. The molecule has 1 aliphatic heterocycles. The number of primary amides is 1. The molecule has 42 heavy (non-hydrogen) atoms. The first-order valence-corrected chi connectivity index (χ1v) is 13.7. The van der Waals surface area contributed by atoms with Gasteiger partial charge in [-0.3, -0.25) is 29.5 Å². The molecule has 3 N–H and O–H groups in total. The number of carbonyl (C=O) groups is 2. The molecular formula is C29H26Cl2N6O5. The van der Waals surface area contributed by atoms with Crippen molar-refractivity contribution in [2.45, 2.75) is 12.6 Å². The van der Waals surface area contributed by atoms with Gasteiger partial charge in [0, 0.05) is 42.9 Å². The number of benzene rings is 3. The van der Waals surface area contributed by atoms with E-state index in [4.69, 9.17) is 38.3 Å². The number of nitrogens with two attached hydrogens (primary N) is 1. The predicted octanol–water partition coefficient (Wildman–Crippen LogP) is 4.83. The van der Waals surface area contributed by atoms with Crippen molar-refractivity contribution in [1.82, 2.24) is 14.8 Å². The molecule has 1 atom stereocenters. The smallest absolute Gasteiger partial charge is 0.272 e. The number of piperazine rings is 1. The van der Waals surface area contributed by atoms with Crippen molar-refractivity contribution in [1.29, 1.82) is 0 Å². The summed E-state index contributed by atoms with van der Waals surface area (Å²) in [6, 6.07) is 20.9. The Balaban J connectivity index is 1.28. The lowest BCUT2D eigenvalue weighted by atomic mass is 10.1. The van der Waals surface area contributed by atoms with Crippen molar-refractivity contribution in [2.24, 2.45) is 5.73 Å². The molecule has 0 saturated carbocycles. The molecule has 0 aliphatic carbocycles. The summed E-state index contributed by atoms with van der Waals surface area (Å²) < 4.78 is 6.24. The van der Waals surface area contributed by atoms with E-state index in [1.165, 1.54) is 0 Å². The predicted molar refractivity (Wildman–Crippen MR) is 159 cm³/mol. The van der Waals surface area contributed by atoms with Crippen molar-refractivity contribution in [3.63, 3.8) is 0 Å². The van der Waals surface area contributed by atoms with Crippen LogP contribution >= 0.6 is 23.2 Å². The Kier molecular flexibility index (Phi) is 8.83. The van der Waals surface area contributed by atoms with Gasteiger partial charge in [-0.2, -0.15) is 0 Å². The van der Waals surface area contributed by atoms with Gasteiger partial charge in [0.05, 0.1) is 33.7 Å². The van der Waals surface area contributed by atoms with E-state index >= 15 is 0 Å². The van der Waals surface area contributed by atoms with E-state index in [1.54, 1.807) is 4.90 Å². The zero-order chi connectivity index (χ0) is 29.8. The number of aromatic nitrogens is 1. The van der Waals surface area contributed by atoms with Gasteiger partial charge < -0.3 is 15.5 Å². The fraction of sp³-hybridized carbons (Fsp3) is 0.207. The second kappa shape index (κ2) is 12.7. The highest BCUT2D eigenvalue weighted by Crippen LogP contribution is 2.35. The van der Waals surface area contributed by atoms with Crippen LogP contribution in [-0.2, 0) is 16.1 Å². The van der Waals surface area contributed by atoms with Gasteiger partial charge in [-0.1, -0.05) is 83.9 Å². The third kappa shape index (κ3) is 6.60. The molecule has 4 aromatic rings. The molecule has 1 aliphatic rings. The van der Waals surface area contributed by atoms with E-state index in [9.17, 15) is 19.7 Å². The third-order valence-electron chi connectivity index (χ3n) is 6.87. The lowest BCUT2D eigenvalue weighted by Gasteiger charge is -2.39. The van der Waals surface area contributed by atoms with Crippen LogP contribution in [0.2, 0.25) is 10.0 Å². The van der Waals surface area contributed by atoms with E-state index in [0.29, 0.717) is 31.3 Å². The molecule has 216 valence electrons. The molecule has 0 spiro atoms. The molecule has 0 bridgehead atoms. The van der Waals surface area contributed by atoms with Crippen LogP contribution in [0.25, 0.3) is 22.6 Å². The quantitative estimate of drug-likeness (QED) is 0.203. The number of nitrogens with zero attached hydrogens (tertiary/aromatic N) is 4. The lowest BCUT2D eigenvalue weighted by Crippen LogP contribution is -2.59. The average Bonchev–Trinajstić information content (AvgIpc) is 3.40. The standard InChI is InChI=1S/C29H26Cl2N6O5/c30-21-13-20(37(40)41)14-22(31)27(21)33-24(38)16-36-12-11-35(15-23(36)29(32)39)17-25-34-26(18-7-3-1-4-8-18)28(42-25)19-9-5-2-6-10-19/h1-10,13-14,23H,11-12,15-17H2,(H2,32,39)(H,33,38). The summed E-state index contributed by atoms with van der Waals surface area (Å²) in [5.41, 5.74) is 8.03. The Morgan fingerprint density at radius 2 is 1.64 bits per heavy atom. The summed E-state index contributed by atoms with van der Waals surface area (Å²) in [7, 11) is 0. The van der Waals surface area contributed by atoms with Gasteiger partial charge in [-0.25, -0.2) is 4.98 Å². The molecule has 1 fully saturated rings. The van der Waals surface area contributed by atoms with Crippen LogP contribution < -0.4 is 11.1 Å². The van der Waals surface area contributed by atoms with E-state index in [0.717, 1.165) is 29.0 Å². The molecule has 1 aromatic heterocycles. The number of nitro benzene ring substituents is 1. The van der Waals surface area contributed by atoms with Crippen molar-refractivity contribution < 1.29 is 18.9 Å². The third-order valence-corrected chi connectivity index (χ3v) is 7.46. The fourth-order valence-electron chi connectivity index (χ4n) is 4.83. The fourth-order valence-corrected chi connectivity index (χ4v) is 5.40. The highest BCUT2D eigenvalue weighted by Gasteiger charge is 2.33. The molecule has 2 heterocycles. The Labute approximate surface area is 251 Å². The maximum atomic E-state index is 12.9. The number of oxazole rings is 1. The number of hydrogen-bond acceptors (Lipinski definition) is 8. The number of nitro groups is 1. The van der Waals surface area contributed by atoms with Crippen LogP contribution in [0.5, 0.6) is 0 Å². The van der Waals surface area contributed by atoms with Crippen molar-refractivity contribution in [3.05, 3.63) is 98.8 Å². The van der Waals surface area contributed by atoms with Crippen LogP contribution in [-0.4, -0.2) is 63.7 Å². The van der Waals surface area contributed by atoms with Crippen LogP contribution in [0.1, 0.15) is 5.89 Å². The van der Waals surface area contributed by atoms with Gasteiger partial charge in [-0.15, -0.1) is 0 Å². The first kappa shape index (κ1) is 29.2. The van der Waals surface area contributed by atoms with Crippen LogP contribution in [0.15, 0.2) is 77.2 Å².